The fraction of sp³-hybridized carbons (Fsp3) is 0.583. The molecular weight excluding hydrogens is 270 g/mol. The summed E-state index contributed by atoms with van der Waals surface area (Å²) in [6.07, 6.45) is -0.0239. The summed E-state index contributed by atoms with van der Waals surface area (Å²) in [6, 6.07) is 2.82. The molecule has 0 radical (unpaired) electrons. The molecule has 1 unspecified atom stereocenters. The average Bonchev–Trinajstić information content (AvgIpc) is 2.25. The fourth-order valence-electron chi connectivity index (χ4n) is 2.41. The molecule has 1 aliphatic heterocycles. The third-order valence-corrected chi connectivity index (χ3v) is 3.10. The number of nitrogens with zero attached hydrogens (tertiary/aromatic N) is 3. The zero-order valence-corrected chi connectivity index (χ0v) is 11.8. The lowest BCUT2D eigenvalue weighted by Crippen LogP contribution is -2.52. The lowest BCUT2D eigenvalue weighted by atomic mass is 10.1. The standard InChI is InChI=1S/C12H16ClN3O3/c1-8-6-15(7-12(2,3)19-8)11-9(16(17)18)4-5-10(13)14-11/h4-5,8H,6-7H2,1-3H3. The molecule has 7 heteroatoms. The summed E-state index contributed by atoms with van der Waals surface area (Å²) >= 11 is 5.86. The summed E-state index contributed by atoms with van der Waals surface area (Å²) in [4.78, 5) is 16.6. The van der Waals surface area contributed by atoms with Gasteiger partial charge in [-0.3, -0.25) is 10.1 Å². The van der Waals surface area contributed by atoms with Crippen molar-refractivity contribution in [3.05, 3.63) is 27.4 Å². The van der Waals surface area contributed by atoms with Crippen molar-refractivity contribution in [3.63, 3.8) is 0 Å². The molecule has 104 valence electrons. The van der Waals surface area contributed by atoms with Crippen LogP contribution in [0.5, 0.6) is 0 Å². The van der Waals surface area contributed by atoms with Gasteiger partial charge in [0.1, 0.15) is 5.15 Å². The second kappa shape index (κ2) is 4.94. The Labute approximate surface area is 116 Å². The Bertz CT molecular complexity index is 507. The van der Waals surface area contributed by atoms with Crippen LogP contribution in [-0.2, 0) is 4.74 Å². The maximum Gasteiger partial charge on any atom is 0.311 e. The Morgan fingerprint density at radius 1 is 1.58 bits per heavy atom. The predicted molar refractivity (Wildman–Crippen MR) is 72.7 cm³/mol. The summed E-state index contributed by atoms with van der Waals surface area (Å²) in [6.45, 7) is 6.92. The Kier molecular flexibility index (Phi) is 3.64. The number of hydrogen-bond donors (Lipinski definition) is 0. The number of halogens is 1. The van der Waals surface area contributed by atoms with Gasteiger partial charge in [-0.2, -0.15) is 0 Å². The Morgan fingerprint density at radius 3 is 2.84 bits per heavy atom. The van der Waals surface area contributed by atoms with E-state index in [1.54, 1.807) is 0 Å². The van der Waals surface area contributed by atoms with Crippen LogP contribution in [0.4, 0.5) is 11.5 Å². The van der Waals surface area contributed by atoms with Gasteiger partial charge in [0.05, 0.1) is 16.6 Å². The van der Waals surface area contributed by atoms with Gasteiger partial charge in [-0.1, -0.05) is 11.6 Å². The third kappa shape index (κ3) is 3.13. The molecule has 1 fully saturated rings. The normalized spacial score (nSPS) is 22.3. The van der Waals surface area contributed by atoms with E-state index in [2.05, 4.69) is 4.98 Å². The summed E-state index contributed by atoms with van der Waals surface area (Å²) < 4.78 is 5.78. The highest BCUT2D eigenvalue weighted by Gasteiger charge is 2.34. The topological polar surface area (TPSA) is 68.5 Å². The number of rotatable bonds is 2. The van der Waals surface area contributed by atoms with Crippen LogP contribution in [0.2, 0.25) is 5.15 Å². The highest BCUT2D eigenvalue weighted by Crippen LogP contribution is 2.32. The minimum absolute atomic E-state index is 0.0239. The van der Waals surface area contributed by atoms with Gasteiger partial charge in [0.25, 0.3) is 0 Å². The number of aromatic nitrogens is 1. The third-order valence-electron chi connectivity index (χ3n) is 2.89. The maximum absolute atomic E-state index is 11.1. The van der Waals surface area contributed by atoms with Crippen molar-refractivity contribution >= 4 is 23.1 Å². The minimum atomic E-state index is -0.439. The van der Waals surface area contributed by atoms with Gasteiger partial charge in [0.15, 0.2) is 0 Å². The largest absolute Gasteiger partial charge is 0.369 e. The van der Waals surface area contributed by atoms with Gasteiger partial charge in [-0.15, -0.1) is 0 Å². The first-order chi connectivity index (χ1) is 8.78. The molecule has 0 aromatic carbocycles. The van der Waals surface area contributed by atoms with Gasteiger partial charge in [-0.05, 0) is 26.8 Å². The van der Waals surface area contributed by atoms with Crippen LogP contribution in [0.3, 0.4) is 0 Å². The number of morpholine rings is 1. The van der Waals surface area contributed by atoms with E-state index in [-0.39, 0.29) is 22.5 Å². The van der Waals surface area contributed by atoms with E-state index in [1.165, 1.54) is 12.1 Å². The molecule has 6 nitrogen and oxygen atoms in total. The van der Waals surface area contributed by atoms with Crippen molar-refractivity contribution in [1.82, 2.24) is 4.98 Å². The molecule has 19 heavy (non-hydrogen) atoms. The summed E-state index contributed by atoms with van der Waals surface area (Å²) in [7, 11) is 0. The monoisotopic (exact) mass is 285 g/mol. The molecule has 2 rings (SSSR count). The molecule has 0 N–H and O–H groups in total. The van der Waals surface area contributed by atoms with Crippen molar-refractivity contribution in [2.24, 2.45) is 0 Å². The number of pyridine rings is 1. The Morgan fingerprint density at radius 2 is 2.26 bits per heavy atom. The predicted octanol–water partition coefficient (Wildman–Crippen LogP) is 2.65. The molecule has 0 amide bonds. The SMILES string of the molecule is CC1CN(c2nc(Cl)ccc2[N+](=O)[O-])CC(C)(C)O1. The molecule has 1 aromatic rings. The van der Waals surface area contributed by atoms with E-state index in [4.69, 9.17) is 16.3 Å². The molecular formula is C12H16ClN3O3. The quantitative estimate of drug-likeness (QED) is 0.475. The highest BCUT2D eigenvalue weighted by atomic mass is 35.5. The van der Waals surface area contributed by atoms with E-state index in [9.17, 15) is 10.1 Å². The Hall–Kier alpha value is -1.40. The van der Waals surface area contributed by atoms with E-state index in [0.29, 0.717) is 18.9 Å². The molecule has 0 spiro atoms. The molecule has 1 atom stereocenters. The first-order valence-electron chi connectivity index (χ1n) is 6.02. The molecule has 1 saturated heterocycles. The first-order valence-corrected chi connectivity index (χ1v) is 6.40. The summed E-state index contributed by atoms with van der Waals surface area (Å²) in [5.41, 5.74) is -0.412. The van der Waals surface area contributed by atoms with Crippen LogP contribution in [0, 0.1) is 10.1 Å². The van der Waals surface area contributed by atoms with E-state index >= 15 is 0 Å². The van der Waals surface area contributed by atoms with Crippen molar-refractivity contribution < 1.29 is 9.66 Å². The van der Waals surface area contributed by atoms with Gasteiger partial charge in [0.2, 0.25) is 5.82 Å². The van der Waals surface area contributed by atoms with Crippen molar-refractivity contribution in [3.8, 4) is 0 Å². The number of hydrogen-bond acceptors (Lipinski definition) is 5. The van der Waals surface area contributed by atoms with Crippen LogP contribution in [0.1, 0.15) is 20.8 Å². The summed E-state index contributed by atoms with van der Waals surface area (Å²) in [5.74, 6) is 0.306. The van der Waals surface area contributed by atoms with Gasteiger partial charge < -0.3 is 9.64 Å². The molecule has 1 aliphatic rings. The van der Waals surface area contributed by atoms with Gasteiger partial charge in [0, 0.05) is 19.2 Å². The minimum Gasteiger partial charge on any atom is -0.369 e. The second-order valence-corrected chi connectivity index (χ2v) is 5.69. The van der Waals surface area contributed by atoms with E-state index in [0.717, 1.165) is 0 Å². The highest BCUT2D eigenvalue weighted by molar-refractivity contribution is 6.29. The smallest absolute Gasteiger partial charge is 0.311 e. The first kappa shape index (κ1) is 14.0. The average molecular weight is 286 g/mol. The van der Waals surface area contributed by atoms with Gasteiger partial charge >= 0.3 is 5.69 Å². The lowest BCUT2D eigenvalue weighted by molar-refractivity contribution is -0.384. The molecule has 0 aliphatic carbocycles. The van der Waals surface area contributed by atoms with Crippen LogP contribution in [-0.4, -0.2) is 34.7 Å². The molecule has 0 saturated carbocycles. The maximum atomic E-state index is 11.1. The molecule has 0 bridgehead atoms. The zero-order chi connectivity index (χ0) is 14.2. The van der Waals surface area contributed by atoms with Gasteiger partial charge in [-0.25, -0.2) is 4.98 Å². The van der Waals surface area contributed by atoms with E-state index < -0.39 is 4.92 Å². The second-order valence-electron chi connectivity index (χ2n) is 5.30. The van der Waals surface area contributed by atoms with Crippen LogP contribution in [0.25, 0.3) is 0 Å². The van der Waals surface area contributed by atoms with Crippen LogP contribution >= 0.6 is 11.6 Å². The Balaban J connectivity index is 2.40. The lowest BCUT2D eigenvalue weighted by Gasteiger charge is -2.42. The number of anilines is 1. The molecule has 2 heterocycles. The number of ether oxygens (including phenoxy) is 1. The number of nitro groups is 1. The summed E-state index contributed by atoms with van der Waals surface area (Å²) in [5, 5.41) is 11.3. The van der Waals surface area contributed by atoms with E-state index in [1.807, 2.05) is 25.7 Å². The van der Waals surface area contributed by atoms with Crippen molar-refractivity contribution in [2.45, 2.75) is 32.5 Å². The van der Waals surface area contributed by atoms with Crippen LogP contribution < -0.4 is 4.90 Å². The van der Waals surface area contributed by atoms with Crippen molar-refractivity contribution in [1.29, 1.82) is 0 Å². The molecule has 1 aromatic heterocycles. The van der Waals surface area contributed by atoms with Crippen LogP contribution in [0.15, 0.2) is 12.1 Å². The van der Waals surface area contributed by atoms with Crippen molar-refractivity contribution in [2.75, 3.05) is 18.0 Å². The zero-order valence-electron chi connectivity index (χ0n) is 11.1. The fourth-order valence-corrected chi connectivity index (χ4v) is 2.55.